The first kappa shape index (κ1) is 26.5. The number of hydrogen-bond acceptors (Lipinski definition) is 7. The highest BCUT2D eigenvalue weighted by molar-refractivity contribution is 4.63. The van der Waals surface area contributed by atoms with Crippen LogP contribution >= 0.6 is 0 Å². The van der Waals surface area contributed by atoms with Crippen LogP contribution in [0, 0.1) is 5.92 Å². The third kappa shape index (κ3) is 23.4. The van der Waals surface area contributed by atoms with E-state index >= 15 is 0 Å². The summed E-state index contributed by atoms with van der Waals surface area (Å²) in [6.07, 6.45) is 2.86. The van der Waals surface area contributed by atoms with E-state index in [1.54, 1.807) is 6.08 Å². The van der Waals surface area contributed by atoms with Gasteiger partial charge >= 0.3 is 0 Å². The Morgan fingerprint density at radius 3 is 1.26 bits per heavy atom. The lowest BCUT2D eigenvalue weighted by Crippen LogP contribution is -2.15. The fourth-order valence-corrected chi connectivity index (χ4v) is 1.79. The van der Waals surface area contributed by atoms with Crippen LogP contribution in [0.4, 0.5) is 0 Å². The van der Waals surface area contributed by atoms with Crippen molar-refractivity contribution in [2.24, 2.45) is 5.92 Å². The van der Waals surface area contributed by atoms with Gasteiger partial charge in [0.05, 0.1) is 85.9 Å². The molecule has 0 aliphatic rings. The van der Waals surface area contributed by atoms with Crippen LogP contribution < -0.4 is 0 Å². The average Bonchev–Trinajstić information content (AvgIpc) is 2.68. The standard InChI is InChI=1S/C20H40O7/c1-4-6-21-7-8-22-9-10-23-11-12-24-13-14-25-15-16-26-17-18-27-19-20(3)5-2/h4,20H,1,5-19H2,2-3H3. The van der Waals surface area contributed by atoms with Gasteiger partial charge in [0.25, 0.3) is 0 Å². The van der Waals surface area contributed by atoms with Crippen molar-refractivity contribution in [3.63, 3.8) is 0 Å². The maximum Gasteiger partial charge on any atom is 0.0704 e. The minimum atomic E-state index is 0.551. The predicted octanol–water partition coefficient (Wildman–Crippen LogP) is 2.33. The largest absolute Gasteiger partial charge is 0.379 e. The van der Waals surface area contributed by atoms with Gasteiger partial charge in [-0.15, -0.1) is 6.58 Å². The summed E-state index contributed by atoms with van der Waals surface area (Å²) in [4.78, 5) is 0. The summed E-state index contributed by atoms with van der Waals surface area (Å²) in [5.74, 6) is 0.611. The lowest BCUT2D eigenvalue weighted by atomic mass is 10.1. The first-order valence-electron chi connectivity index (χ1n) is 9.96. The molecule has 162 valence electrons. The summed E-state index contributed by atoms with van der Waals surface area (Å²) in [5, 5.41) is 0. The normalized spacial score (nSPS) is 12.4. The Labute approximate surface area is 165 Å². The van der Waals surface area contributed by atoms with Crippen molar-refractivity contribution >= 4 is 0 Å². The van der Waals surface area contributed by atoms with Crippen molar-refractivity contribution in [3.05, 3.63) is 12.7 Å². The fourth-order valence-electron chi connectivity index (χ4n) is 1.79. The number of rotatable bonds is 23. The van der Waals surface area contributed by atoms with Gasteiger partial charge in [-0.2, -0.15) is 0 Å². The Bertz CT molecular complexity index is 290. The molecule has 0 aromatic carbocycles. The van der Waals surface area contributed by atoms with Crippen LogP contribution in [0.25, 0.3) is 0 Å². The summed E-state index contributed by atoms with van der Waals surface area (Å²) in [6.45, 7) is 16.1. The van der Waals surface area contributed by atoms with Gasteiger partial charge in [0.15, 0.2) is 0 Å². The second kappa shape index (κ2) is 23.5. The lowest BCUT2D eigenvalue weighted by Gasteiger charge is -2.10. The van der Waals surface area contributed by atoms with Gasteiger partial charge in [-0.3, -0.25) is 0 Å². The fraction of sp³-hybridized carbons (Fsp3) is 0.900. The molecule has 0 aromatic rings. The van der Waals surface area contributed by atoms with Crippen LogP contribution in [0.1, 0.15) is 20.3 Å². The zero-order chi connectivity index (χ0) is 19.8. The van der Waals surface area contributed by atoms with Gasteiger partial charge in [0.2, 0.25) is 0 Å². The van der Waals surface area contributed by atoms with Crippen molar-refractivity contribution in [1.29, 1.82) is 0 Å². The SMILES string of the molecule is C=CCOCCOCCOCCOCCOCCOCCOCC(C)CC. The molecule has 0 fully saturated rings. The molecule has 0 aromatic heterocycles. The highest BCUT2D eigenvalue weighted by Crippen LogP contribution is 1.99. The third-order valence-corrected chi connectivity index (χ3v) is 3.57. The molecule has 7 heteroatoms. The van der Waals surface area contributed by atoms with Crippen molar-refractivity contribution < 1.29 is 33.2 Å². The van der Waals surface area contributed by atoms with Crippen molar-refractivity contribution in [2.75, 3.05) is 92.5 Å². The number of hydrogen-bond donors (Lipinski definition) is 0. The zero-order valence-corrected chi connectivity index (χ0v) is 17.3. The summed E-state index contributed by atoms with van der Waals surface area (Å²) >= 11 is 0. The summed E-state index contributed by atoms with van der Waals surface area (Å²) < 4.78 is 37.7. The average molecular weight is 393 g/mol. The lowest BCUT2D eigenvalue weighted by molar-refractivity contribution is -0.0208. The molecule has 0 aliphatic carbocycles. The highest BCUT2D eigenvalue weighted by atomic mass is 16.6. The molecule has 0 radical (unpaired) electrons. The summed E-state index contributed by atoms with van der Waals surface area (Å²) in [6, 6.07) is 0. The van der Waals surface area contributed by atoms with E-state index in [2.05, 4.69) is 20.4 Å². The van der Waals surface area contributed by atoms with Crippen molar-refractivity contribution in [3.8, 4) is 0 Å². The van der Waals surface area contributed by atoms with Gasteiger partial charge in [0, 0.05) is 6.61 Å². The molecule has 7 nitrogen and oxygen atoms in total. The maximum absolute atomic E-state index is 5.51. The second-order valence-corrected chi connectivity index (χ2v) is 6.01. The minimum Gasteiger partial charge on any atom is -0.379 e. The molecule has 0 N–H and O–H groups in total. The van der Waals surface area contributed by atoms with Crippen LogP contribution in [0.5, 0.6) is 0 Å². The topological polar surface area (TPSA) is 64.6 Å². The molecule has 0 spiro atoms. The number of ether oxygens (including phenoxy) is 7. The van der Waals surface area contributed by atoms with Crippen LogP contribution in [0.2, 0.25) is 0 Å². The van der Waals surface area contributed by atoms with Crippen molar-refractivity contribution in [1.82, 2.24) is 0 Å². The molecule has 0 saturated heterocycles. The van der Waals surface area contributed by atoms with Gasteiger partial charge in [-0.1, -0.05) is 26.3 Å². The molecule has 0 amide bonds. The van der Waals surface area contributed by atoms with E-state index in [9.17, 15) is 0 Å². The predicted molar refractivity (Wildman–Crippen MR) is 105 cm³/mol. The Kier molecular flexibility index (Phi) is 23.0. The van der Waals surface area contributed by atoms with E-state index < -0.39 is 0 Å². The molecule has 1 unspecified atom stereocenters. The van der Waals surface area contributed by atoms with Gasteiger partial charge in [0.1, 0.15) is 0 Å². The first-order valence-corrected chi connectivity index (χ1v) is 9.96. The molecule has 0 bridgehead atoms. The molecule has 0 rings (SSSR count). The van der Waals surface area contributed by atoms with E-state index in [4.69, 9.17) is 33.2 Å². The molecule has 0 saturated carbocycles. The minimum absolute atomic E-state index is 0.551. The Balaban J connectivity index is 3.00. The van der Waals surface area contributed by atoms with Crippen molar-refractivity contribution in [2.45, 2.75) is 20.3 Å². The van der Waals surface area contributed by atoms with Gasteiger partial charge in [-0.25, -0.2) is 0 Å². The molecule has 1 atom stereocenters. The van der Waals surface area contributed by atoms with E-state index in [-0.39, 0.29) is 0 Å². The Morgan fingerprint density at radius 1 is 0.593 bits per heavy atom. The Hall–Kier alpha value is -0.540. The molecular formula is C20H40O7. The molecule has 0 aliphatic heterocycles. The first-order chi connectivity index (χ1) is 13.3. The van der Waals surface area contributed by atoms with E-state index in [1.165, 1.54) is 0 Å². The summed E-state index contributed by atoms with van der Waals surface area (Å²) in [5.41, 5.74) is 0. The van der Waals surface area contributed by atoms with Crippen LogP contribution in [0.3, 0.4) is 0 Å². The van der Waals surface area contributed by atoms with E-state index in [1.807, 2.05) is 0 Å². The smallest absolute Gasteiger partial charge is 0.0704 e. The molecular weight excluding hydrogens is 352 g/mol. The van der Waals surface area contributed by atoms with E-state index in [0.717, 1.165) is 13.0 Å². The molecule has 0 heterocycles. The zero-order valence-electron chi connectivity index (χ0n) is 17.3. The van der Waals surface area contributed by atoms with Gasteiger partial charge in [-0.05, 0) is 5.92 Å². The monoisotopic (exact) mass is 392 g/mol. The van der Waals surface area contributed by atoms with Crippen LogP contribution in [0.15, 0.2) is 12.7 Å². The van der Waals surface area contributed by atoms with E-state index in [0.29, 0.717) is 91.8 Å². The van der Waals surface area contributed by atoms with Crippen LogP contribution in [-0.2, 0) is 33.2 Å². The van der Waals surface area contributed by atoms with Crippen LogP contribution in [-0.4, -0.2) is 92.5 Å². The Morgan fingerprint density at radius 2 is 0.926 bits per heavy atom. The quantitative estimate of drug-likeness (QED) is 0.195. The maximum atomic E-state index is 5.51. The summed E-state index contributed by atoms with van der Waals surface area (Å²) in [7, 11) is 0. The second-order valence-electron chi connectivity index (χ2n) is 6.01. The highest BCUT2D eigenvalue weighted by Gasteiger charge is 1.98. The van der Waals surface area contributed by atoms with Gasteiger partial charge < -0.3 is 33.2 Å². The third-order valence-electron chi connectivity index (χ3n) is 3.57. The molecule has 27 heavy (non-hydrogen) atoms.